The van der Waals surface area contributed by atoms with Gasteiger partial charge in [-0.2, -0.15) is 0 Å². The molecule has 25 heavy (non-hydrogen) atoms. The molecule has 0 amide bonds. The Hall–Kier alpha value is -2.38. The molecule has 5 nitrogen and oxygen atoms in total. The Kier molecular flexibility index (Phi) is 5.67. The van der Waals surface area contributed by atoms with Crippen molar-refractivity contribution in [3.8, 4) is 21.4 Å². The number of ether oxygens (including phenoxy) is 3. The van der Waals surface area contributed by atoms with E-state index in [1.54, 1.807) is 30.6 Å². The molecule has 0 aliphatic carbocycles. The quantitative estimate of drug-likeness (QED) is 0.452. The van der Waals surface area contributed by atoms with Crippen molar-refractivity contribution in [3.05, 3.63) is 52.3 Å². The summed E-state index contributed by atoms with van der Waals surface area (Å²) in [7, 11) is 1.61. The lowest BCUT2D eigenvalue weighted by atomic mass is 10.3. The van der Waals surface area contributed by atoms with Crippen LogP contribution in [0.15, 0.2) is 41.8 Å². The van der Waals surface area contributed by atoms with E-state index in [0.717, 1.165) is 15.6 Å². The number of rotatable bonds is 7. The topological polar surface area (TPSA) is 57.7 Å². The summed E-state index contributed by atoms with van der Waals surface area (Å²) < 4.78 is 15.9. The van der Waals surface area contributed by atoms with Crippen LogP contribution in [0.5, 0.6) is 11.5 Å². The molecule has 0 N–H and O–H groups in total. The Morgan fingerprint density at radius 1 is 1.12 bits per heavy atom. The van der Waals surface area contributed by atoms with Gasteiger partial charge in [-0.3, -0.25) is 0 Å². The highest BCUT2D eigenvalue weighted by Gasteiger charge is 2.17. The van der Waals surface area contributed by atoms with Gasteiger partial charge in [0.1, 0.15) is 34.6 Å². The molecule has 2 heterocycles. The van der Waals surface area contributed by atoms with Gasteiger partial charge in [0.05, 0.1) is 17.7 Å². The summed E-state index contributed by atoms with van der Waals surface area (Å²) in [6, 6.07) is 11.2. The van der Waals surface area contributed by atoms with Crippen molar-refractivity contribution in [3.63, 3.8) is 0 Å². The lowest BCUT2D eigenvalue weighted by molar-refractivity contribution is 0.0455. The monoisotopic (exact) mass is 375 g/mol. The summed E-state index contributed by atoms with van der Waals surface area (Å²) in [4.78, 5) is 18.3. The molecule has 0 atom stereocenters. The maximum atomic E-state index is 12.2. The summed E-state index contributed by atoms with van der Waals surface area (Å²) in [5.74, 6) is 1.10. The Balaban J connectivity index is 1.51. The van der Waals surface area contributed by atoms with Gasteiger partial charge in [-0.25, -0.2) is 9.78 Å². The number of hydrogen-bond acceptors (Lipinski definition) is 7. The van der Waals surface area contributed by atoms with Crippen molar-refractivity contribution in [2.45, 2.75) is 6.92 Å². The first kappa shape index (κ1) is 17.4. The molecule has 0 fully saturated rings. The van der Waals surface area contributed by atoms with Gasteiger partial charge >= 0.3 is 5.97 Å². The largest absolute Gasteiger partial charge is 0.497 e. The van der Waals surface area contributed by atoms with Crippen LogP contribution in [0.2, 0.25) is 0 Å². The number of thiophene rings is 1. The number of aryl methyl sites for hydroxylation is 1. The average molecular weight is 375 g/mol. The number of carbonyl (C=O) groups is 1. The highest BCUT2D eigenvalue weighted by atomic mass is 32.1. The van der Waals surface area contributed by atoms with E-state index in [4.69, 9.17) is 14.2 Å². The predicted molar refractivity (Wildman–Crippen MR) is 98.9 cm³/mol. The lowest BCUT2D eigenvalue weighted by Crippen LogP contribution is -2.12. The van der Waals surface area contributed by atoms with E-state index in [2.05, 4.69) is 4.98 Å². The first-order valence-corrected chi connectivity index (χ1v) is 9.32. The number of benzene rings is 1. The molecule has 0 saturated heterocycles. The van der Waals surface area contributed by atoms with E-state index in [1.165, 1.54) is 11.3 Å². The van der Waals surface area contributed by atoms with Crippen LogP contribution in [-0.4, -0.2) is 31.3 Å². The van der Waals surface area contributed by atoms with Gasteiger partial charge in [0.15, 0.2) is 0 Å². The van der Waals surface area contributed by atoms with Crippen LogP contribution in [0.3, 0.4) is 0 Å². The summed E-state index contributed by atoms with van der Waals surface area (Å²) in [5.41, 5.74) is 0.689. The zero-order chi connectivity index (χ0) is 17.6. The fraction of sp³-hybridized carbons (Fsp3) is 0.222. The summed E-state index contributed by atoms with van der Waals surface area (Å²) in [6.07, 6.45) is 0. The first-order valence-electron chi connectivity index (χ1n) is 7.62. The zero-order valence-electron chi connectivity index (χ0n) is 13.9. The highest BCUT2D eigenvalue weighted by molar-refractivity contribution is 7.22. The fourth-order valence-electron chi connectivity index (χ4n) is 2.12. The minimum absolute atomic E-state index is 0.177. The van der Waals surface area contributed by atoms with Crippen molar-refractivity contribution in [1.29, 1.82) is 0 Å². The highest BCUT2D eigenvalue weighted by Crippen LogP contribution is 2.31. The molecular weight excluding hydrogens is 358 g/mol. The Morgan fingerprint density at radius 2 is 1.88 bits per heavy atom. The van der Waals surface area contributed by atoms with E-state index in [0.29, 0.717) is 16.3 Å². The lowest BCUT2D eigenvalue weighted by Gasteiger charge is -2.07. The molecule has 0 aliphatic rings. The second-order valence-corrected chi connectivity index (χ2v) is 7.02. The SMILES string of the molecule is COc1ccc(OCCOC(=O)c2sc(-c3cccs3)nc2C)cc1. The molecule has 0 bridgehead atoms. The molecule has 1 aromatic carbocycles. The zero-order valence-corrected chi connectivity index (χ0v) is 15.5. The third-order valence-corrected chi connectivity index (χ3v) is 5.54. The van der Waals surface area contributed by atoms with Gasteiger partial charge in [-0.1, -0.05) is 6.07 Å². The Bertz CT molecular complexity index is 825. The molecule has 2 aromatic heterocycles. The molecule has 7 heteroatoms. The predicted octanol–water partition coefficient (Wildman–Crippen LogP) is 4.42. The van der Waals surface area contributed by atoms with Gasteiger partial charge in [-0.05, 0) is 42.6 Å². The van der Waals surface area contributed by atoms with Crippen molar-refractivity contribution in [2.75, 3.05) is 20.3 Å². The fourth-order valence-corrected chi connectivity index (χ4v) is 3.88. The molecule has 0 aliphatic heterocycles. The molecular formula is C18H17NO4S2. The summed E-state index contributed by atoms with van der Waals surface area (Å²) in [6.45, 7) is 2.28. The number of nitrogens with zero attached hydrogens (tertiary/aromatic N) is 1. The van der Waals surface area contributed by atoms with Crippen LogP contribution >= 0.6 is 22.7 Å². The molecule has 3 aromatic rings. The van der Waals surface area contributed by atoms with Gasteiger partial charge in [0.25, 0.3) is 0 Å². The van der Waals surface area contributed by atoms with Crippen molar-refractivity contribution in [1.82, 2.24) is 4.98 Å². The second kappa shape index (κ2) is 8.13. The standard InChI is InChI=1S/C18H17NO4S2/c1-12-16(25-17(19-12)15-4-3-11-24-15)18(20)23-10-9-22-14-7-5-13(21-2)6-8-14/h3-8,11H,9-10H2,1-2H3. The van der Waals surface area contributed by atoms with Crippen molar-refractivity contribution < 1.29 is 19.0 Å². The maximum absolute atomic E-state index is 12.2. The minimum Gasteiger partial charge on any atom is -0.497 e. The molecule has 130 valence electrons. The third-order valence-electron chi connectivity index (χ3n) is 3.36. The van der Waals surface area contributed by atoms with Crippen molar-refractivity contribution >= 4 is 28.6 Å². The number of esters is 1. The van der Waals surface area contributed by atoms with Crippen LogP contribution in [0, 0.1) is 6.92 Å². The van der Waals surface area contributed by atoms with Crippen LogP contribution in [0.1, 0.15) is 15.4 Å². The number of methoxy groups -OCH3 is 1. The van der Waals surface area contributed by atoms with E-state index >= 15 is 0 Å². The van der Waals surface area contributed by atoms with Gasteiger partial charge in [0, 0.05) is 0 Å². The van der Waals surface area contributed by atoms with Gasteiger partial charge in [0.2, 0.25) is 0 Å². The molecule has 3 rings (SSSR count). The molecule has 0 spiro atoms. The first-order chi connectivity index (χ1) is 12.2. The number of thiazole rings is 1. The third kappa shape index (κ3) is 4.37. The number of carbonyl (C=O) groups excluding carboxylic acids is 1. The average Bonchev–Trinajstić information content (AvgIpc) is 3.28. The summed E-state index contributed by atoms with van der Waals surface area (Å²) >= 11 is 2.95. The van der Waals surface area contributed by atoms with Crippen LogP contribution in [-0.2, 0) is 4.74 Å². The van der Waals surface area contributed by atoms with E-state index in [-0.39, 0.29) is 19.2 Å². The summed E-state index contributed by atoms with van der Waals surface area (Å²) in [5, 5.41) is 2.83. The van der Waals surface area contributed by atoms with Crippen LogP contribution in [0.4, 0.5) is 0 Å². The van der Waals surface area contributed by atoms with Gasteiger partial charge in [-0.15, -0.1) is 22.7 Å². The normalized spacial score (nSPS) is 10.5. The Morgan fingerprint density at radius 3 is 2.56 bits per heavy atom. The molecule has 0 radical (unpaired) electrons. The van der Waals surface area contributed by atoms with Crippen LogP contribution in [0.25, 0.3) is 9.88 Å². The molecule has 0 saturated carbocycles. The Labute approximate surface area is 153 Å². The van der Waals surface area contributed by atoms with Crippen molar-refractivity contribution in [2.24, 2.45) is 0 Å². The minimum atomic E-state index is -0.365. The van der Waals surface area contributed by atoms with E-state index < -0.39 is 0 Å². The maximum Gasteiger partial charge on any atom is 0.350 e. The van der Waals surface area contributed by atoms with Gasteiger partial charge < -0.3 is 14.2 Å². The van der Waals surface area contributed by atoms with E-state index in [9.17, 15) is 4.79 Å². The van der Waals surface area contributed by atoms with E-state index in [1.807, 2.05) is 36.6 Å². The number of hydrogen-bond donors (Lipinski definition) is 0. The van der Waals surface area contributed by atoms with Crippen LogP contribution < -0.4 is 9.47 Å². The smallest absolute Gasteiger partial charge is 0.350 e. The second-order valence-electron chi connectivity index (χ2n) is 5.07. The molecule has 0 unspecified atom stereocenters. The number of aromatic nitrogens is 1.